The number of hydrogen-bond acceptors (Lipinski definition) is 2. The van der Waals surface area contributed by atoms with Gasteiger partial charge in [0.25, 0.3) is 5.91 Å². The first-order chi connectivity index (χ1) is 9.75. The van der Waals surface area contributed by atoms with E-state index in [0.29, 0.717) is 6.54 Å². The van der Waals surface area contributed by atoms with E-state index in [2.05, 4.69) is 41.6 Å². The van der Waals surface area contributed by atoms with Gasteiger partial charge in [0, 0.05) is 15.9 Å². The first kappa shape index (κ1) is 16.5. The van der Waals surface area contributed by atoms with Crippen molar-refractivity contribution in [1.29, 1.82) is 0 Å². The van der Waals surface area contributed by atoms with Crippen LogP contribution in [0, 0.1) is 5.41 Å². The lowest BCUT2D eigenvalue weighted by atomic mass is 9.78. The van der Waals surface area contributed by atoms with E-state index in [1.807, 2.05) is 39.0 Å². The largest absolute Gasteiger partial charge is 0.270 e. The molecule has 0 saturated carbocycles. The minimum absolute atomic E-state index is 0.0777. The first-order valence-electron chi connectivity index (χ1n) is 7.09. The molecule has 0 fully saturated rings. The molecule has 0 aromatic heterocycles. The Labute approximate surface area is 140 Å². The number of rotatable bonds is 3. The topological polar surface area (TPSA) is 29.5 Å². The van der Waals surface area contributed by atoms with Crippen molar-refractivity contribution in [3.05, 3.63) is 42.0 Å². The van der Waals surface area contributed by atoms with Gasteiger partial charge in [0.05, 0.1) is 12.1 Å². The molecule has 1 heterocycles. The number of hydrogen-bond donors (Lipinski definition) is 0. The highest BCUT2D eigenvalue weighted by molar-refractivity contribution is 14.1. The van der Waals surface area contributed by atoms with E-state index in [1.165, 1.54) is 5.06 Å². The van der Waals surface area contributed by atoms with Crippen LogP contribution in [0.4, 0.5) is 0 Å². The van der Waals surface area contributed by atoms with Gasteiger partial charge >= 0.3 is 0 Å². The molecule has 0 spiro atoms. The molecule has 0 bridgehead atoms. The Bertz CT molecular complexity index is 548. The third-order valence-corrected chi connectivity index (χ3v) is 5.10. The molecule has 4 heteroatoms. The van der Waals surface area contributed by atoms with Crippen molar-refractivity contribution in [3.8, 4) is 0 Å². The van der Waals surface area contributed by atoms with Crippen LogP contribution in [0.2, 0.25) is 0 Å². The number of carbonyl (C=O) groups is 1. The molecule has 0 aliphatic carbocycles. The van der Waals surface area contributed by atoms with E-state index < -0.39 is 0 Å². The van der Waals surface area contributed by atoms with E-state index in [1.54, 1.807) is 6.08 Å². The van der Waals surface area contributed by atoms with Crippen molar-refractivity contribution in [2.75, 3.05) is 11.0 Å². The maximum Gasteiger partial charge on any atom is 0.270 e. The van der Waals surface area contributed by atoms with Crippen LogP contribution in [0.15, 0.2) is 36.4 Å². The monoisotopic (exact) mass is 399 g/mol. The van der Waals surface area contributed by atoms with Crippen molar-refractivity contribution in [3.63, 3.8) is 0 Å². The van der Waals surface area contributed by atoms with Gasteiger partial charge in [-0.05, 0) is 31.9 Å². The maximum atomic E-state index is 12.4. The third kappa shape index (κ3) is 3.86. The molecule has 1 aliphatic heterocycles. The van der Waals surface area contributed by atoms with Crippen LogP contribution in [0.3, 0.4) is 0 Å². The fraction of sp³-hybridized carbons (Fsp3) is 0.471. The zero-order chi connectivity index (χ0) is 15.7. The van der Waals surface area contributed by atoms with Gasteiger partial charge in [-0.25, -0.2) is 5.06 Å². The van der Waals surface area contributed by atoms with Crippen LogP contribution in [0.5, 0.6) is 0 Å². The summed E-state index contributed by atoms with van der Waals surface area (Å²) in [6.07, 6.45) is 1.73. The summed E-state index contributed by atoms with van der Waals surface area (Å²) in [6.45, 7) is 8.63. The lowest BCUT2D eigenvalue weighted by Crippen LogP contribution is -2.47. The van der Waals surface area contributed by atoms with Gasteiger partial charge in [-0.3, -0.25) is 9.63 Å². The van der Waals surface area contributed by atoms with Gasteiger partial charge in [0.15, 0.2) is 0 Å². The second-order valence-corrected chi connectivity index (χ2v) is 7.46. The molecule has 114 valence electrons. The molecule has 0 saturated heterocycles. The molecule has 21 heavy (non-hydrogen) atoms. The molecule has 1 aromatic rings. The Kier molecular flexibility index (Phi) is 4.78. The highest BCUT2D eigenvalue weighted by Crippen LogP contribution is 2.40. The lowest BCUT2D eigenvalue weighted by Gasteiger charge is -2.41. The smallest absolute Gasteiger partial charge is 0.267 e. The van der Waals surface area contributed by atoms with Gasteiger partial charge in [-0.1, -0.05) is 59.8 Å². The number of carbonyl (C=O) groups excluding carboxylic acids is 1. The zero-order valence-electron chi connectivity index (χ0n) is 13.0. The second-order valence-electron chi connectivity index (χ2n) is 6.70. The van der Waals surface area contributed by atoms with Crippen LogP contribution in [0.1, 0.15) is 33.3 Å². The van der Waals surface area contributed by atoms with Crippen molar-refractivity contribution in [2.24, 2.45) is 5.41 Å². The molecular formula is C17H22INO2. The number of halogens is 1. The number of hydroxylamine groups is 2. The standard InChI is InChI=1S/C17H22INO2/c1-16(2,3)21-19-12-17(4,11-18)14(10-15(19)20)13-8-6-5-7-9-13/h5-10H,11-12H2,1-4H3/t17-/m1/s1. The maximum absolute atomic E-state index is 12.4. The molecule has 3 nitrogen and oxygen atoms in total. The molecule has 2 rings (SSSR count). The predicted molar refractivity (Wildman–Crippen MR) is 94.0 cm³/mol. The van der Waals surface area contributed by atoms with E-state index in [9.17, 15) is 4.79 Å². The minimum atomic E-state index is -0.375. The fourth-order valence-corrected chi connectivity index (χ4v) is 3.07. The van der Waals surface area contributed by atoms with Crippen molar-refractivity contribution >= 4 is 34.1 Å². The van der Waals surface area contributed by atoms with Gasteiger partial charge < -0.3 is 0 Å². The summed E-state index contributed by atoms with van der Waals surface area (Å²) in [5.41, 5.74) is 1.72. The molecular weight excluding hydrogens is 377 g/mol. The summed E-state index contributed by atoms with van der Waals surface area (Å²) < 4.78 is 0.919. The number of benzene rings is 1. The predicted octanol–water partition coefficient (Wildman–Crippen LogP) is 4.08. The van der Waals surface area contributed by atoms with Gasteiger partial charge in [0.1, 0.15) is 0 Å². The minimum Gasteiger partial charge on any atom is -0.267 e. The first-order valence-corrected chi connectivity index (χ1v) is 8.62. The molecule has 0 unspecified atom stereocenters. The second kappa shape index (κ2) is 6.08. The summed E-state index contributed by atoms with van der Waals surface area (Å²) in [7, 11) is 0. The average molecular weight is 399 g/mol. The van der Waals surface area contributed by atoms with Gasteiger partial charge in [-0.2, -0.15) is 0 Å². The Morgan fingerprint density at radius 2 is 1.90 bits per heavy atom. The summed E-state index contributed by atoms with van der Waals surface area (Å²) in [5, 5.41) is 1.51. The number of nitrogens with zero attached hydrogens (tertiary/aromatic N) is 1. The van der Waals surface area contributed by atoms with Gasteiger partial charge in [0.2, 0.25) is 0 Å². The zero-order valence-corrected chi connectivity index (χ0v) is 15.2. The Morgan fingerprint density at radius 1 is 1.29 bits per heavy atom. The number of amides is 1. The lowest BCUT2D eigenvalue weighted by molar-refractivity contribution is -0.229. The normalized spacial score (nSPS) is 23.2. The molecule has 1 amide bonds. The molecule has 1 aromatic carbocycles. The summed E-state index contributed by atoms with van der Waals surface area (Å²) in [6, 6.07) is 10.1. The summed E-state index contributed by atoms with van der Waals surface area (Å²) in [4.78, 5) is 18.2. The molecule has 0 N–H and O–H groups in total. The van der Waals surface area contributed by atoms with Crippen LogP contribution in [-0.4, -0.2) is 27.5 Å². The van der Waals surface area contributed by atoms with Crippen LogP contribution in [-0.2, 0) is 9.63 Å². The molecule has 0 radical (unpaired) electrons. The Hall–Kier alpha value is -0.880. The average Bonchev–Trinajstić information content (AvgIpc) is 2.42. The van der Waals surface area contributed by atoms with Crippen LogP contribution in [0.25, 0.3) is 5.57 Å². The van der Waals surface area contributed by atoms with Crippen molar-refractivity contribution < 1.29 is 9.63 Å². The van der Waals surface area contributed by atoms with E-state index >= 15 is 0 Å². The van der Waals surface area contributed by atoms with Crippen molar-refractivity contribution in [1.82, 2.24) is 5.06 Å². The van der Waals surface area contributed by atoms with Crippen LogP contribution >= 0.6 is 22.6 Å². The quantitative estimate of drug-likeness (QED) is 0.566. The Morgan fingerprint density at radius 3 is 2.43 bits per heavy atom. The van der Waals surface area contributed by atoms with E-state index in [-0.39, 0.29) is 16.9 Å². The highest BCUT2D eigenvalue weighted by Gasteiger charge is 2.39. The Balaban J connectivity index is 2.38. The SMILES string of the molecule is CC(C)(C)ON1C[C@@](C)(CI)C(c2ccccc2)=CC1=O. The van der Waals surface area contributed by atoms with E-state index in [0.717, 1.165) is 15.6 Å². The summed E-state index contributed by atoms with van der Waals surface area (Å²) >= 11 is 2.39. The van der Waals surface area contributed by atoms with Gasteiger partial charge in [-0.15, -0.1) is 0 Å². The van der Waals surface area contributed by atoms with E-state index in [4.69, 9.17) is 4.84 Å². The van der Waals surface area contributed by atoms with Crippen LogP contribution < -0.4 is 0 Å². The highest BCUT2D eigenvalue weighted by atomic mass is 127. The molecule has 1 aliphatic rings. The summed E-state index contributed by atoms with van der Waals surface area (Å²) in [5.74, 6) is -0.0777. The fourth-order valence-electron chi connectivity index (χ4n) is 2.42. The third-order valence-electron chi connectivity index (χ3n) is 3.42. The molecule has 1 atom stereocenters. The number of alkyl halides is 1. The van der Waals surface area contributed by atoms with Crippen molar-refractivity contribution in [2.45, 2.75) is 33.3 Å².